The van der Waals surface area contributed by atoms with Gasteiger partial charge in [-0.3, -0.25) is 9.59 Å². The molecule has 0 aromatic rings. The zero-order chi connectivity index (χ0) is 40.7. The number of carbonyl (C=O) groups is 3. The van der Waals surface area contributed by atoms with Gasteiger partial charge in [-0.1, -0.05) is 146 Å². The zero-order valence-corrected chi connectivity index (χ0v) is 36.1. The van der Waals surface area contributed by atoms with Gasteiger partial charge in [-0.15, -0.1) is 0 Å². The van der Waals surface area contributed by atoms with Crippen molar-refractivity contribution in [1.82, 2.24) is 0 Å². The number of carboxylic acid groups (broad SMARTS) is 1. The summed E-state index contributed by atoms with van der Waals surface area (Å²) in [6.07, 6.45) is 44.4. The Kier molecular flexibility index (Phi) is 36.3. The molecule has 0 aliphatic rings. The monoisotopic (exact) mass is 775 g/mol. The Hall–Kier alpha value is -2.71. The third-order valence-electron chi connectivity index (χ3n) is 9.74. The van der Waals surface area contributed by atoms with Crippen LogP contribution in [0.3, 0.4) is 0 Å². The second kappa shape index (κ2) is 38.2. The van der Waals surface area contributed by atoms with Gasteiger partial charge in [-0.05, 0) is 64.2 Å². The van der Waals surface area contributed by atoms with Gasteiger partial charge >= 0.3 is 17.9 Å². The Morgan fingerprint density at radius 2 is 1.07 bits per heavy atom. The summed E-state index contributed by atoms with van der Waals surface area (Å²) in [4.78, 5) is 36.9. The second-order valence-corrected chi connectivity index (χ2v) is 15.9. The number of hydrogen-bond acceptors (Lipinski definition) is 6. The standard InChI is InChI=1S/C47H83NO7/c1-6-8-10-12-14-16-18-20-21-22-23-24-25-26-28-30-32-34-36-38-46(50)55-43(41-53-40-39-44(47(51)52)48(3,4)5)42-54-45(49)37-35-33-31-29-27-19-17-15-13-11-9-7-2/h9,11,14-18,20,43-44H,6-8,10,12-13,19,21-42H2,1-5H3/p+1/b11-9+,16-14+,17-15+,20-18+. The largest absolute Gasteiger partial charge is 0.477 e. The van der Waals surface area contributed by atoms with E-state index in [-0.39, 0.29) is 36.2 Å². The maximum absolute atomic E-state index is 12.7. The van der Waals surface area contributed by atoms with Crippen LogP contribution in [0.1, 0.15) is 181 Å². The molecule has 0 aromatic heterocycles. The molecule has 0 aromatic carbocycles. The summed E-state index contributed by atoms with van der Waals surface area (Å²) in [5.41, 5.74) is 0. The first kappa shape index (κ1) is 52.3. The molecule has 0 fully saturated rings. The first-order chi connectivity index (χ1) is 26.6. The molecule has 2 atom stereocenters. The molecule has 0 heterocycles. The van der Waals surface area contributed by atoms with E-state index in [0.29, 0.717) is 19.3 Å². The predicted octanol–water partition coefficient (Wildman–Crippen LogP) is 12.0. The summed E-state index contributed by atoms with van der Waals surface area (Å²) in [6.45, 7) is 4.58. The summed E-state index contributed by atoms with van der Waals surface area (Å²) < 4.78 is 17.3. The molecule has 0 bridgehead atoms. The number of aliphatic carboxylic acids is 1. The SMILES string of the molecule is CC/C=C/C/C=C/CCCCCCCC(=O)OCC(COCCC(C(=O)O)[N+](C)(C)C)OC(=O)CCCCCCCCCCCC/C=C/C=C/CCCCC. The van der Waals surface area contributed by atoms with Crippen molar-refractivity contribution in [3.63, 3.8) is 0 Å². The van der Waals surface area contributed by atoms with Crippen molar-refractivity contribution in [2.24, 2.45) is 0 Å². The van der Waals surface area contributed by atoms with Gasteiger partial charge < -0.3 is 23.8 Å². The second-order valence-electron chi connectivity index (χ2n) is 15.9. The van der Waals surface area contributed by atoms with Gasteiger partial charge in [0.25, 0.3) is 0 Å². The predicted molar refractivity (Wildman–Crippen MR) is 229 cm³/mol. The van der Waals surface area contributed by atoms with Crippen molar-refractivity contribution in [2.45, 2.75) is 193 Å². The van der Waals surface area contributed by atoms with Crippen LogP contribution in [-0.2, 0) is 28.6 Å². The van der Waals surface area contributed by atoms with Gasteiger partial charge in [0, 0.05) is 19.3 Å². The molecule has 0 aliphatic heterocycles. The maximum Gasteiger partial charge on any atom is 0.362 e. The molecule has 8 nitrogen and oxygen atoms in total. The summed E-state index contributed by atoms with van der Waals surface area (Å²) in [5, 5.41) is 9.61. The lowest BCUT2D eigenvalue weighted by atomic mass is 10.1. The van der Waals surface area contributed by atoms with Crippen LogP contribution in [0.2, 0.25) is 0 Å². The van der Waals surface area contributed by atoms with E-state index in [2.05, 4.69) is 62.5 Å². The molecular weight excluding hydrogens is 691 g/mol. The first-order valence-electron chi connectivity index (χ1n) is 22.2. The van der Waals surface area contributed by atoms with Crippen molar-refractivity contribution in [3.8, 4) is 0 Å². The van der Waals surface area contributed by atoms with Crippen LogP contribution < -0.4 is 0 Å². The molecule has 0 radical (unpaired) electrons. The average Bonchev–Trinajstić information content (AvgIpc) is 3.14. The van der Waals surface area contributed by atoms with Crippen LogP contribution in [-0.4, -0.2) is 80.6 Å². The van der Waals surface area contributed by atoms with Gasteiger partial charge in [-0.25, -0.2) is 4.79 Å². The fourth-order valence-electron chi connectivity index (χ4n) is 6.30. The smallest absolute Gasteiger partial charge is 0.362 e. The molecule has 0 saturated carbocycles. The number of likely N-dealkylation sites (N-methyl/N-ethyl adjacent to an activating group) is 1. The summed E-state index contributed by atoms with van der Waals surface area (Å²) in [5.74, 6) is -1.49. The maximum atomic E-state index is 12.7. The topological polar surface area (TPSA) is 99.1 Å². The number of hydrogen-bond donors (Lipinski definition) is 1. The molecular formula is C47H84NO7+. The van der Waals surface area contributed by atoms with Gasteiger partial charge in [-0.2, -0.15) is 0 Å². The third-order valence-corrected chi connectivity index (χ3v) is 9.74. The number of rotatable bonds is 39. The normalized spacial score (nSPS) is 13.4. The van der Waals surface area contributed by atoms with Gasteiger partial charge in [0.2, 0.25) is 0 Å². The molecule has 0 saturated heterocycles. The van der Waals surface area contributed by atoms with Crippen molar-refractivity contribution < 1.29 is 38.2 Å². The van der Waals surface area contributed by atoms with Gasteiger partial charge in [0.15, 0.2) is 12.1 Å². The van der Waals surface area contributed by atoms with E-state index < -0.39 is 18.1 Å². The molecule has 0 amide bonds. The van der Waals surface area contributed by atoms with E-state index in [4.69, 9.17) is 14.2 Å². The van der Waals surface area contributed by atoms with Crippen LogP contribution >= 0.6 is 0 Å². The van der Waals surface area contributed by atoms with E-state index >= 15 is 0 Å². The van der Waals surface area contributed by atoms with Crippen molar-refractivity contribution >= 4 is 17.9 Å². The van der Waals surface area contributed by atoms with E-state index in [1.165, 1.54) is 77.0 Å². The molecule has 0 spiro atoms. The minimum absolute atomic E-state index is 0.0546. The van der Waals surface area contributed by atoms with Crippen LogP contribution in [0.4, 0.5) is 0 Å². The Morgan fingerprint density at radius 3 is 1.60 bits per heavy atom. The van der Waals surface area contributed by atoms with Crippen molar-refractivity contribution in [1.29, 1.82) is 0 Å². The summed E-state index contributed by atoms with van der Waals surface area (Å²) in [7, 11) is 5.52. The number of carboxylic acids is 1. The summed E-state index contributed by atoms with van der Waals surface area (Å²) in [6, 6.07) is -0.617. The highest BCUT2D eigenvalue weighted by molar-refractivity contribution is 5.72. The number of unbranched alkanes of at least 4 members (excludes halogenated alkanes) is 18. The van der Waals surface area contributed by atoms with E-state index in [1.54, 1.807) is 0 Å². The molecule has 8 heteroatoms. The van der Waals surface area contributed by atoms with Crippen molar-refractivity contribution in [2.75, 3.05) is 41.0 Å². The van der Waals surface area contributed by atoms with Crippen LogP contribution in [0.15, 0.2) is 48.6 Å². The van der Waals surface area contributed by atoms with Gasteiger partial charge in [0.1, 0.15) is 6.61 Å². The van der Waals surface area contributed by atoms with Crippen LogP contribution in [0.5, 0.6) is 0 Å². The van der Waals surface area contributed by atoms with E-state index in [1.807, 2.05) is 21.1 Å². The number of esters is 2. The highest BCUT2D eigenvalue weighted by Gasteiger charge is 2.31. The van der Waals surface area contributed by atoms with Crippen molar-refractivity contribution in [3.05, 3.63) is 48.6 Å². The number of allylic oxidation sites excluding steroid dienone is 8. The highest BCUT2D eigenvalue weighted by Crippen LogP contribution is 2.14. The first-order valence-corrected chi connectivity index (χ1v) is 22.2. The average molecular weight is 775 g/mol. The van der Waals surface area contributed by atoms with E-state index in [0.717, 1.165) is 70.6 Å². The number of quaternary nitrogens is 1. The fraction of sp³-hybridized carbons (Fsp3) is 0.766. The number of carbonyl (C=O) groups excluding carboxylic acids is 2. The van der Waals surface area contributed by atoms with Crippen LogP contribution in [0.25, 0.3) is 0 Å². The quantitative estimate of drug-likeness (QED) is 0.0218. The lowest BCUT2D eigenvalue weighted by Gasteiger charge is -2.31. The summed E-state index contributed by atoms with van der Waals surface area (Å²) >= 11 is 0. The Bertz CT molecular complexity index is 1040. The fourth-order valence-corrected chi connectivity index (χ4v) is 6.30. The van der Waals surface area contributed by atoms with Gasteiger partial charge in [0.05, 0.1) is 34.4 Å². The number of nitrogens with zero attached hydrogens (tertiary/aromatic N) is 1. The van der Waals surface area contributed by atoms with E-state index in [9.17, 15) is 19.5 Å². The lowest BCUT2D eigenvalue weighted by Crippen LogP contribution is -2.50. The third kappa shape index (κ3) is 36.7. The Morgan fingerprint density at radius 1 is 0.582 bits per heavy atom. The Balaban J connectivity index is 4.32. The minimum Gasteiger partial charge on any atom is -0.477 e. The Labute approximate surface area is 337 Å². The lowest BCUT2D eigenvalue weighted by molar-refractivity contribution is -0.887. The number of ether oxygens (including phenoxy) is 3. The molecule has 318 valence electrons. The molecule has 55 heavy (non-hydrogen) atoms. The molecule has 0 rings (SSSR count). The highest BCUT2D eigenvalue weighted by atomic mass is 16.6. The molecule has 0 aliphatic carbocycles. The van der Waals surface area contributed by atoms with Crippen LogP contribution in [0, 0.1) is 0 Å². The molecule has 1 N–H and O–H groups in total. The zero-order valence-electron chi connectivity index (χ0n) is 36.1. The molecule has 2 unspecified atom stereocenters. The minimum atomic E-state index is -0.879.